The highest BCUT2D eigenvalue weighted by atomic mass is 79.9. The van der Waals surface area contributed by atoms with Crippen molar-refractivity contribution in [3.05, 3.63) is 46.8 Å². The Kier molecular flexibility index (Phi) is 6.76. The number of pyridine rings is 1. The van der Waals surface area contributed by atoms with Gasteiger partial charge >= 0.3 is 6.09 Å². The van der Waals surface area contributed by atoms with Crippen LogP contribution in [0.25, 0.3) is 10.9 Å². The van der Waals surface area contributed by atoms with E-state index in [0.29, 0.717) is 5.56 Å². The maximum absolute atomic E-state index is 13.0. The number of ether oxygens (including phenoxy) is 1. The first-order chi connectivity index (χ1) is 17.2. The van der Waals surface area contributed by atoms with Crippen molar-refractivity contribution < 1.29 is 14.3 Å². The van der Waals surface area contributed by atoms with Gasteiger partial charge in [0.15, 0.2) is 5.78 Å². The van der Waals surface area contributed by atoms with E-state index in [4.69, 9.17) is 4.74 Å². The van der Waals surface area contributed by atoms with E-state index in [0.717, 1.165) is 65.3 Å². The first-order valence-corrected chi connectivity index (χ1v) is 13.4. The molecule has 2 heterocycles. The number of Topliss-reactive ketones (excluding diaryl/α,β-unsaturated/α-hetero) is 1. The van der Waals surface area contributed by atoms with Crippen LogP contribution in [0.1, 0.15) is 75.7 Å². The lowest BCUT2D eigenvalue weighted by Crippen LogP contribution is -2.41. The third-order valence-corrected chi connectivity index (χ3v) is 7.20. The molecule has 8 nitrogen and oxygen atoms in total. The number of aromatic nitrogens is 3. The van der Waals surface area contributed by atoms with E-state index in [9.17, 15) is 9.59 Å². The van der Waals surface area contributed by atoms with Crippen molar-refractivity contribution in [1.82, 2.24) is 20.1 Å². The van der Waals surface area contributed by atoms with E-state index in [1.807, 2.05) is 49.8 Å². The third-order valence-electron chi connectivity index (χ3n) is 6.71. The first kappa shape index (κ1) is 24.7. The number of hydrogen-bond acceptors (Lipinski definition) is 6. The molecule has 2 aliphatic carbocycles. The predicted molar refractivity (Wildman–Crippen MR) is 143 cm³/mol. The molecule has 0 unspecified atom stereocenters. The van der Waals surface area contributed by atoms with E-state index >= 15 is 0 Å². The molecule has 0 saturated heterocycles. The number of benzene rings is 1. The van der Waals surface area contributed by atoms with Gasteiger partial charge in [-0.25, -0.2) is 4.79 Å². The molecule has 2 N–H and O–H groups in total. The van der Waals surface area contributed by atoms with Crippen molar-refractivity contribution in [2.45, 2.75) is 77.0 Å². The van der Waals surface area contributed by atoms with Gasteiger partial charge < -0.3 is 15.4 Å². The molecule has 0 radical (unpaired) electrons. The quantitative estimate of drug-likeness (QED) is 0.336. The van der Waals surface area contributed by atoms with E-state index in [2.05, 4.69) is 36.6 Å². The molecule has 5 rings (SSSR count). The smallest absolute Gasteiger partial charge is 0.407 e. The number of rotatable bonds is 6. The molecule has 2 aliphatic rings. The molecule has 36 heavy (non-hydrogen) atoms. The number of nitrogens with one attached hydrogen (secondary N) is 2. The Bertz CT molecular complexity index is 1290. The molecule has 1 amide bonds. The molecule has 0 spiro atoms. The minimum atomic E-state index is -0.501. The van der Waals surface area contributed by atoms with Crippen LogP contribution < -0.4 is 10.6 Å². The van der Waals surface area contributed by atoms with Crippen LogP contribution in [0.15, 0.2) is 41.3 Å². The standard InChI is InChI=1S/C27H32BrN5O3/c1-27(2,3)36-26(35)32-18-7-9-20(10-8-18)33-15-19(13-30-33)31-24-21-12-17(28)6-11-23(21)29-14-22(24)25(34)16-4-5-16/h6,11-16,18,20H,4-5,7-10H2,1-3H3,(H,29,31)(H,32,35). The van der Waals surface area contributed by atoms with Crippen LogP contribution in [-0.2, 0) is 4.74 Å². The largest absolute Gasteiger partial charge is 0.444 e. The fourth-order valence-electron chi connectivity index (χ4n) is 4.76. The van der Waals surface area contributed by atoms with E-state index in [1.165, 1.54) is 0 Å². The molecular weight excluding hydrogens is 522 g/mol. The first-order valence-electron chi connectivity index (χ1n) is 12.6. The van der Waals surface area contributed by atoms with Crippen molar-refractivity contribution in [3.63, 3.8) is 0 Å². The van der Waals surface area contributed by atoms with Gasteiger partial charge in [-0.05, 0) is 77.5 Å². The molecule has 2 fully saturated rings. The van der Waals surface area contributed by atoms with Gasteiger partial charge in [-0.15, -0.1) is 0 Å². The molecule has 3 aromatic rings. The van der Waals surface area contributed by atoms with Crippen LogP contribution in [0.5, 0.6) is 0 Å². The Labute approximate surface area is 219 Å². The van der Waals surface area contributed by atoms with Crippen molar-refractivity contribution in [2.24, 2.45) is 5.92 Å². The third kappa shape index (κ3) is 5.72. The summed E-state index contributed by atoms with van der Waals surface area (Å²) in [4.78, 5) is 29.7. The zero-order valence-corrected chi connectivity index (χ0v) is 22.5. The summed E-state index contributed by atoms with van der Waals surface area (Å²) < 4.78 is 8.31. The number of ketones is 1. The van der Waals surface area contributed by atoms with Crippen LogP contribution >= 0.6 is 15.9 Å². The lowest BCUT2D eigenvalue weighted by atomic mass is 9.91. The van der Waals surface area contributed by atoms with Gasteiger partial charge in [0.2, 0.25) is 0 Å². The molecule has 0 atom stereocenters. The number of amides is 1. The Morgan fingerprint density at radius 2 is 1.83 bits per heavy atom. The molecule has 9 heteroatoms. The van der Waals surface area contributed by atoms with Crippen molar-refractivity contribution in [2.75, 3.05) is 5.32 Å². The lowest BCUT2D eigenvalue weighted by molar-refractivity contribution is 0.0487. The summed E-state index contributed by atoms with van der Waals surface area (Å²) in [5.41, 5.74) is 2.57. The molecule has 2 saturated carbocycles. The van der Waals surface area contributed by atoms with Gasteiger partial charge in [-0.2, -0.15) is 5.10 Å². The minimum Gasteiger partial charge on any atom is -0.444 e. The zero-order valence-electron chi connectivity index (χ0n) is 20.9. The number of carbonyl (C=O) groups excluding carboxylic acids is 2. The van der Waals surface area contributed by atoms with Crippen LogP contribution in [-0.4, -0.2) is 38.3 Å². The second-order valence-corrected chi connectivity index (χ2v) is 11.7. The maximum Gasteiger partial charge on any atom is 0.407 e. The monoisotopic (exact) mass is 553 g/mol. The van der Waals surface area contributed by atoms with Crippen LogP contribution in [0.4, 0.5) is 16.2 Å². The molecule has 0 aliphatic heterocycles. The number of nitrogens with zero attached hydrogens (tertiary/aromatic N) is 3. The van der Waals surface area contributed by atoms with E-state index in [1.54, 1.807) is 12.4 Å². The normalized spacial score (nSPS) is 20.2. The molecule has 0 bridgehead atoms. The highest BCUT2D eigenvalue weighted by Gasteiger charge is 2.33. The van der Waals surface area contributed by atoms with Crippen LogP contribution in [0, 0.1) is 5.92 Å². The van der Waals surface area contributed by atoms with Gasteiger partial charge in [0.1, 0.15) is 5.60 Å². The van der Waals surface area contributed by atoms with Gasteiger partial charge in [0.25, 0.3) is 0 Å². The predicted octanol–water partition coefficient (Wildman–Crippen LogP) is 6.54. The van der Waals surface area contributed by atoms with E-state index in [-0.39, 0.29) is 29.9 Å². The number of halogens is 1. The summed E-state index contributed by atoms with van der Waals surface area (Å²) in [6.45, 7) is 5.60. The second kappa shape index (κ2) is 9.84. The second-order valence-electron chi connectivity index (χ2n) is 10.8. The number of alkyl carbamates (subject to hydrolysis) is 1. The fourth-order valence-corrected chi connectivity index (χ4v) is 5.12. The highest BCUT2D eigenvalue weighted by Crippen LogP contribution is 2.38. The number of fused-ring (bicyclic) bond motifs is 1. The summed E-state index contributed by atoms with van der Waals surface area (Å²) in [6.07, 6.45) is 10.6. The summed E-state index contributed by atoms with van der Waals surface area (Å²) in [7, 11) is 0. The Balaban J connectivity index is 1.29. The van der Waals surface area contributed by atoms with E-state index < -0.39 is 5.60 Å². The summed E-state index contributed by atoms with van der Waals surface area (Å²) >= 11 is 3.55. The average Bonchev–Trinajstić information content (AvgIpc) is 3.57. The molecule has 2 aromatic heterocycles. The summed E-state index contributed by atoms with van der Waals surface area (Å²) in [6, 6.07) is 6.27. The number of hydrogen-bond donors (Lipinski definition) is 2. The molecule has 190 valence electrons. The summed E-state index contributed by atoms with van der Waals surface area (Å²) in [5, 5.41) is 12.0. The van der Waals surface area contributed by atoms with Crippen molar-refractivity contribution >= 4 is 50.1 Å². The van der Waals surface area contributed by atoms with Gasteiger partial charge in [-0.1, -0.05) is 15.9 Å². The summed E-state index contributed by atoms with van der Waals surface area (Å²) in [5.74, 6) is 0.249. The highest BCUT2D eigenvalue weighted by molar-refractivity contribution is 9.10. The van der Waals surface area contributed by atoms with Gasteiger partial charge in [0.05, 0.1) is 34.7 Å². The molecular formula is C27H32BrN5O3. The van der Waals surface area contributed by atoms with Crippen LogP contribution in [0.3, 0.4) is 0 Å². The minimum absolute atomic E-state index is 0.101. The van der Waals surface area contributed by atoms with Gasteiger partial charge in [-0.3, -0.25) is 14.5 Å². The van der Waals surface area contributed by atoms with Crippen molar-refractivity contribution in [3.8, 4) is 0 Å². The fraction of sp³-hybridized carbons (Fsp3) is 0.481. The van der Waals surface area contributed by atoms with Crippen molar-refractivity contribution in [1.29, 1.82) is 0 Å². The number of carbonyl (C=O) groups is 2. The molecule has 1 aromatic carbocycles. The van der Waals surface area contributed by atoms with Gasteiger partial charge in [0, 0.05) is 34.2 Å². The average molecular weight is 554 g/mol. The van der Waals surface area contributed by atoms with Crippen LogP contribution in [0.2, 0.25) is 0 Å². The zero-order chi connectivity index (χ0) is 25.4. The Morgan fingerprint density at radius 1 is 1.08 bits per heavy atom. The topological polar surface area (TPSA) is 98.1 Å². The number of anilines is 2. The Hall–Kier alpha value is -2.94. The maximum atomic E-state index is 13.0. The SMILES string of the molecule is CC(C)(C)OC(=O)NC1CCC(n2cc(Nc3c(C(=O)C4CC4)cnc4ccc(Br)cc34)cn2)CC1. The Morgan fingerprint density at radius 3 is 2.53 bits per heavy atom. The lowest BCUT2D eigenvalue weighted by Gasteiger charge is -2.30.